The number of thiazole rings is 1. The SMILES string of the molecule is Cc1sc2ncnc(N3CCC(C(=O)Nc4nc(-c5cccnc5)cs4)CC3)c2c1C. The highest BCUT2D eigenvalue weighted by molar-refractivity contribution is 7.18. The van der Waals surface area contributed by atoms with Gasteiger partial charge in [0.05, 0.1) is 11.1 Å². The molecule has 1 N–H and O–H groups in total. The van der Waals surface area contributed by atoms with Gasteiger partial charge in [-0.05, 0) is 44.4 Å². The van der Waals surface area contributed by atoms with Crippen LogP contribution in [0.2, 0.25) is 0 Å². The molecule has 5 heterocycles. The molecule has 1 aliphatic rings. The fourth-order valence-electron chi connectivity index (χ4n) is 3.94. The van der Waals surface area contributed by atoms with Gasteiger partial charge in [0.25, 0.3) is 0 Å². The maximum Gasteiger partial charge on any atom is 0.229 e. The van der Waals surface area contributed by atoms with Gasteiger partial charge in [0, 0.05) is 47.2 Å². The minimum absolute atomic E-state index is 0.0235. The number of carbonyl (C=O) groups excluding carboxylic acids is 1. The van der Waals surface area contributed by atoms with Crippen molar-refractivity contribution in [2.24, 2.45) is 5.92 Å². The number of amides is 1. The Morgan fingerprint density at radius 1 is 1.23 bits per heavy atom. The summed E-state index contributed by atoms with van der Waals surface area (Å²) in [7, 11) is 0. The lowest BCUT2D eigenvalue weighted by atomic mass is 9.96. The number of fused-ring (bicyclic) bond motifs is 1. The van der Waals surface area contributed by atoms with E-state index >= 15 is 0 Å². The molecular formula is C22H22N6OS2. The average molecular weight is 451 g/mol. The molecule has 1 saturated heterocycles. The van der Waals surface area contributed by atoms with Crippen molar-refractivity contribution in [3.05, 3.63) is 46.7 Å². The van der Waals surface area contributed by atoms with Crippen LogP contribution in [-0.2, 0) is 4.79 Å². The third kappa shape index (κ3) is 3.90. The molecule has 4 aromatic rings. The smallest absolute Gasteiger partial charge is 0.229 e. The van der Waals surface area contributed by atoms with Crippen molar-refractivity contribution in [2.75, 3.05) is 23.3 Å². The second-order valence-electron chi connectivity index (χ2n) is 7.69. The number of anilines is 2. The lowest BCUT2D eigenvalue weighted by Crippen LogP contribution is -2.38. The molecule has 9 heteroatoms. The number of carbonyl (C=O) groups is 1. The number of nitrogens with one attached hydrogen (secondary N) is 1. The monoisotopic (exact) mass is 450 g/mol. The van der Waals surface area contributed by atoms with E-state index in [2.05, 4.69) is 44.0 Å². The van der Waals surface area contributed by atoms with Gasteiger partial charge < -0.3 is 10.2 Å². The van der Waals surface area contributed by atoms with Crippen LogP contribution in [0.15, 0.2) is 36.2 Å². The van der Waals surface area contributed by atoms with Gasteiger partial charge in [-0.1, -0.05) is 0 Å². The van der Waals surface area contributed by atoms with Crippen molar-refractivity contribution in [2.45, 2.75) is 26.7 Å². The topological polar surface area (TPSA) is 83.9 Å². The average Bonchev–Trinajstić information content (AvgIpc) is 3.38. The first-order valence-corrected chi connectivity index (χ1v) is 11.9. The van der Waals surface area contributed by atoms with Crippen LogP contribution in [0, 0.1) is 19.8 Å². The highest BCUT2D eigenvalue weighted by Gasteiger charge is 2.28. The Morgan fingerprint density at radius 3 is 2.84 bits per heavy atom. The Kier molecular flexibility index (Phi) is 5.37. The molecule has 0 spiro atoms. The Labute approximate surface area is 188 Å². The summed E-state index contributed by atoms with van der Waals surface area (Å²) in [6.45, 7) is 5.87. The fourth-order valence-corrected chi connectivity index (χ4v) is 5.66. The van der Waals surface area contributed by atoms with E-state index in [4.69, 9.17) is 0 Å². The Balaban J connectivity index is 1.24. The summed E-state index contributed by atoms with van der Waals surface area (Å²) >= 11 is 3.15. The van der Waals surface area contributed by atoms with E-state index in [1.807, 2.05) is 17.5 Å². The van der Waals surface area contributed by atoms with Gasteiger partial charge in [-0.2, -0.15) is 0 Å². The number of piperidine rings is 1. The summed E-state index contributed by atoms with van der Waals surface area (Å²) in [6, 6.07) is 3.84. The van der Waals surface area contributed by atoms with Crippen molar-refractivity contribution in [3.63, 3.8) is 0 Å². The van der Waals surface area contributed by atoms with Crippen LogP contribution in [0.5, 0.6) is 0 Å². The molecule has 7 nitrogen and oxygen atoms in total. The minimum Gasteiger partial charge on any atom is -0.356 e. The number of nitrogens with zero attached hydrogens (tertiary/aromatic N) is 5. The van der Waals surface area contributed by atoms with Crippen LogP contribution in [0.3, 0.4) is 0 Å². The molecule has 0 aliphatic carbocycles. The molecule has 1 aliphatic heterocycles. The zero-order chi connectivity index (χ0) is 21.4. The number of hydrogen-bond acceptors (Lipinski definition) is 8. The van der Waals surface area contributed by atoms with Gasteiger partial charge in [-0.25, -0.2) is 15.0 Å². The first-order chi connectivity index (χ1) is 15.1. The maximum absolute atomic E-state index is 12.8. The van der Waals surface area contributed by atoms with Crippen LogP contribution >= 0.6 is 22.7 Å². The van der Waals surface area contributed by atoms with Gasteiger partial charge in [-0.15, -0.1) is 22.7 Å². The lowest BCUT2D eigenvalue weighted by molar-refractivity contribution is -0.120. The Morgan fingerprint density at radius 2 is 2.06 bits per heavy atom. The number of pyridine rings is 1. The van der Waals surface area contributed by atoms with Crippen LogP contribution < -0.4 is 10.2 Å². The molecule has 0 radical (unpaired) electrons. The van der Waals surface area contributed by atoms with Gasteiger partial charge in [-0.3, -0.25) is 9.78 Å². The van der Waals surface area contributed by atoms with Crippen LogP contribution in [0.4, 0.5) is 10.9 Å². The quantitative estimate of drug-likeness (QED) is 0.486. The van der Waals surface area contributed by atoms with Crippen LogP contribution in [0.1, 0.15) is 23.3 Å². The number of aromatic nitrogens is 4. The number of hydrogen-bond donors (Lipinski definition) is 1. The predicted molar refractivity (Wildman–Crippen MR) is 126 cm³/mol. The Hall–Kier alpha value is -2.91. The molecule has 0 bridgehead atoms. The number of aryl methyl sites for hydroxylation is 2. The van der Waals surface area contributed by atoms with Crippen molar-refractivity contribution < 1.29 is 4.79 Å². The van der Waals surface area contributed by atoms with Crippen molar-refractivity contribution in [1.82, 2.24) is 19.9 Å². The minimum atomic E-state index is -0.0235. The summed E-state index contributed by atoms with van der Waals surface area (Å²) in [5.41, 5.74) is 3.03. The molecular weight excluding hydrogens is 428 g/mol. The van der Waals surface area contributed by atoms with Crippen molar-refractivity contribution >= 4 is 49.7 Å². The zero-order valence-corrected chi connectivity index (χ0v) is 19.0. The number of rotatable bonds is 4. The van der Waals surface area contributed by atoms with E-state index in [9.17, 15) is 4.79 Å². The fraction of sp³-hybridized carbons (Fsp3) is 0.318. The normalized spacial score (nSPS) is 14.8. The second kappa shape index (κ2) is 8.32. The molecule has 5 rings (SSSR count). The van der Waals surface area contributed by atoms with Crippen molar-refractivity contribution in [3.8, 4) is 11.3 Å². The molecule has 158 valence electrons. The molecule has 31 heavy (non-hydrogen) atoms. The third-order valence-electron chi connectivity index (χ3n) is 5.80. The van der Waals surface area contributed by atoms with Gasteiger partial charge in [0.1, 0.15) is 17.0 Å². The van der Waals surface area contributed by atoms with Gasteiger partial charge in [0.2, 0.25) is 5.91 Å². The third-order valence-corrected chi connectivity index (χ3v) is 7.68. The van der Waals surface area contributed by atoms with E-state index in [-0.39, 0.29) is 11.8 Å². The van der Waals surface area contributed by atoms with Gasteiger partial charge in [0.15, 0.2) is 5.13 Å². The van der Waals surface area contributed by atoms with E-state index in [0.717, 1.165) is 53.2 Å². The first kappa shape index (κ1) is 20.0. The van der Waals surface area contributed by atoms with E-state index < -0.39 is 0 Å². The summed E-state index contributed by atoms with van der Waals surface area (Å²) in [6.07, 6.45) is 6.74. The molecule has 0 unspecified atom stereocenters. The summed E-state index contributed by atoms with van der Waals surface area (Å²) in [4.78, 5) is 35.1. The zero-order valence-electron chi connectivity index (χ0n) is 17.3. The summed E-state index contributed by atoms with van der Waals surface area (Å²) < 4.78 is 0. The molecule has 0 saturated carbocycles. The number of thiophene rings is 1. The van der Waals surface area contributed by atoms with E-state index in [0.29, 0.717) is 5.13 Å². The van der Waals surface area contributed by atoms with Crippen LogP contribution in [0.25, 0.3) is 21.5 Å². The van der Waals surface area contributed by atoms with Gasteiger partial charge >= 0.3 is 0 Å². The Bertz CT molecular complexity index is 1230. The maximum atomic E-state index is 12.8. The molecule has 4 aromatic heterocycles. The summed E-state index contributed by atoms with van der Waals surface area (Å²) in [5, 5.41) is 6.73. The van der Waals surface area contributed by atoms with E-state index in [1.165, 1.54) is 21.8 Å². The first-order valence-electron chi connectivity index (χ1n) is 10.2. The molecule has 0 atom stereocenters. The largest absolute Gasteiger partial charge is 0.356 e. The highest BCUT2D eigenvalue weighted by atomic mass is 32.1. The molecule has 1 amide bonds. The van der Waals surface area contributed by atoms with Crippen LogP contribution in [-0.4, -0.2) is 38.9 Å². The standard InChI is InChI=1S/C22H22N6OS2/c1-13-14(2)31-21-18(13)19(24-12-25-21)28-8-5-15(6-9-28)20(29)27-22-26-17(11-30-22)16-4-3-7-23-10-16/h3-4,7,10-12,15H,5-6,8-9H2,1-2H3,(H,26,27,29). The second-order valence-corrected chi connectivity index (χ2v) is 9.75. The highest BCUT2D eigenvalue weighted by Crippen LogP contribution is 2.35. The van der Waals surface area contributed by atoms with Crippen molar-refractivity contribution in [1.29, 1.82) is 0 Å². The predicted octanol–water partition coefficient (Wildman–Crippen LogP) is 4.68. The molecule has 1 fully saturated rings. The van der Waals surface area contributed by atoms with E-state index in [1.54, 1.807) is 30.1 Å². The lowest BCUT2D eigenvalue weighted by Gasteiger charge is -2.32. The summed E-state index contributed by atoms with van der Waals surface area (Å²) in [5.74, 6) is 1.01. The molecule has 0 aromatic carbocycles.